The third-order valence-corrected chi connectivity index (χ3v) is 3.05. The maximum atomic E-state index is 5.60. The molecule has 0 saturated carbocycles. The fourth-order valence-electron chi connectivity index (χ4n) is 1.54. The van der Waals surface area contributed by atoms with Crippen molar-refractivity contribution in [2.45, 2.75) is 32.3 Å². The second kappa shape index (κ2) is 4.70. The third-order valence-electron chi connectivity index (χ3n) is 2.28. The van der Waals surface area contributed by atoms with Gasteiger partial charge in [0.2, 0.25) is 5.13 Å². The van der Waals surface area contributed by atoms with Crippen molar-refractivity contribution in [1.82, 2.24) is 9.36 Å². The van der Waals surface area contributed by atoms with E-state index in [0.29, 0.717) is 6.10 Å². The molecule has 1 saturated heterocycles. The van der Waals surface area contributed by atoms with E-state index < -0.39 is 0 Å². The molecule has 0 aliphatic carbocycles. The second-order valence-corrected chi connectivity index (χ2v) is 4.27. The third kappa shape index (κ3) is 2.65. The van der Waals surface area contributed by atoms with Gasteiger partial charge in [0.1, 0.15) is 5.82 Å². The molecule has 0 aromatic carbocycles. The highest BCUT2D eigenvalue weighted by atomic mass is 32.1. The minimum absolute atomic E-state index is 0.355. The first-order valence-electron chi connectivity index (χ1n) is 5.00. The quantitative estimate of drug-likeness (QED) is 0.832. The zero-order chi connectivity index (χ0) is 9.80. The fraction of sp³-hybridized carbons (Fsp3) is 0.778. The van der Waals surface area contributed by atoms with E-state index in [-0.39, 0.29) is 0 Å². The van der Waals surface area contributed by atoms with Gasteiger partial charge in [-0.15, -0.1) is 0 Å². The van der Waals surface area contributed by atoms with E-state index in [4.69, 9.17) is 4.74 Å². The predicted molar refractivity (Wildman–Crippen MR) is 56.7 cm³/mol. The van der Waals surface area contributed by atoms with Gasteiger partial charge in [0.05, 0.1) is 6.10 Å². The molecule has 0 spiro atoms. The smallest absolute Gasteiger partial charge is 0.202 e. The minimum Gasteiger partial charge on any atom is -0.376 e. The lowest BCUT2D eigenvalue weighted by molar-refractivity contribution is 0.0247. The van der Waals surface area contributed by atoms with Gasteiger partial charge in [-0.2, -0.15) is 4.37 Å². The molecular formula is C9H15N3OS. The van der Waals surface area contributed by atoms with Crippen molar-refractivity contribution < 1.29 is 4.74 Å². The standard InChI is InChI=1S/C9H15N3OS/c1-7-11-9(14-12-7)10-6-8-4-2-3-5-13-8/h8H,2-6H2,1H3,(H,10,11,12). The molecule has 0 radical (unpaired) electrons. The van der Waals surface area contributed by atoms with E-state index in [1.165, 1.54) is 24.4 Å². The Kier molecular flexibility index (Phi) is 3.31. The zero-order valence-electron chi connectivity index (χ0n) is 8.32. The molecular weight excluding hydrogens is 198 g/mol. The van der Waals surface area contributed by atoms with E-state index >= 15 is 0 Å². The molecule has 0 amide bonds. The summed E-state index contributed by atoms with van der Waals surface area (Å²) in [6.45, 7) is 3.66. The first kappa shape index (κ1) is 9.86. The Bertz CT molecular complexity index is 283. The Hall–Kier alpha value is -0.680. The van der Waals surface area contributed by atoms with Crippen LogP contribution in [0.15, 0.2) is 0 Å². The molecule has 1 aromatic heterocycles. The molecule has 1 aliphatic rings. The van der Waals surface area contributed by atoms with Crippen molar-refractivity contribution in [3.8, 4) is 0 Å². The Morgan fingerprint density at radius 2 is 2.50 bits per heavy atom. The Morgan fingerprint density at radius 3 is 3.14 bits per heavy atom. The van der Waals surface area contributed by atoms with Crippen molar-refractivity contribution in [3.05, 3.63) is 5.82 Å². The van der Waals surface area contributed by atoms with E-state index in [1.807, 2.05) is 6.92 Å². The van der Waals surface area contributed by atoms with Gasteiger partial charge in [-0.1, -0.05) is 0 Å². The number of aryl methyl sites for hydroxylation is 1. The van der Waals surface area contributed by atoms with Gasteiger partial charge in [-0.25, -0.2) is 4.98 Å². The topological polar surface area (TPSA) is 47.0 Å². The molecule has 1 fully saturated rings. The van der Waals surface area contributed by atoms with Crippen LogP contribution in [0.4, 0.5) is 5.13 Å². The first-order chi connectivity index (χ1) is 6.84. The molecule has 5 heteroatoms. The van der Waals surface area contributed by atoms with E-state index in [2.05, 4.69) is 14.7 Å². The molecule has 1 aromatic rings. The summed E-state index contributed by atoms with van der Waals surface area (Å²) in [4.78, 5) is 4.24. The van der Waals surface area contributed by atoms with Gasteiger partial charge in [-0.3, -0.25) is 0 Å². The molecule has 4 nitrogen and oxygen atoms in total. The van der Waals surface area contributed by atoms with Gasteiger partial charge in [0, 0.05) is 24.7 Å². The van der Waals surface area contributed by atoms with Crippen LogP contribution in [-0.4, -0.2) is 28.6 Å². The van der Waals surface area contributed by atoms with Crippen LogP contribution in [0, 0.1) is 6.92 Å². The summed E-state index contributed by atoms with van der Waals surface area (Å²) in [7, 11) is 0. The van der Waals surface area contributed by atoms with Crippen LogP contribution in [0.5, 0.6) is 0 Å². The van der Waals surface area contributed by atoms with E-state index in [9.17, 15) is 0 Å². The first-order valence-corrected chi connectivity index (χ1v) is 5.78. The van der Waals surface area contributed by atoms with Crippen molar-refractivity contribution >= 4 is 16.7 Å². The number of hydrogen-bond acceptors (Lipinski definition) is 5. The molecule has 78 valence electrons. The molecule has 1 unspecified atom stereocenters. The van der Waals surface area contributed by atoms with Crippen LogP contribution in [-0.2, 0) is 4.74 Å². The van der Waals surface area contributed by atoms with Crippen molar-refractivity contribution in [1.29, 1.82) is 0 Å². The van der Waals surface area contributed by atoms with Gasteiger partial charge < -0.3 is 10.1 Å². The Balaban J connectivity index is 1.76. The van der Waals surface area contributed by atoms with Crippen LogP contribution >= 0.6 is 11.5 Å². The highest BCUT2D eigenvalue weighted by molar-refractivity contribution is 7.09. The molecule has 2 rings (SSSR count). The average molecular weight is 213 g/mol. The molecule has 1 atom stereocenters. The van der Waals surface area contributed by atoms with Crippen LogP contribution in [0.3, 0.4) is 0 Å². The highest BCUT2D eigenvalue weighted by Gasteiger charge is 2.13. The number of ether oxygens (including phenoxy) is 1. The summed E-state index contributed by atoms with van der Waals surface area (Å²) >= 11 is 1.41. The number of hydrogen-bond donors (Lipinski definition) is 1. The van der Waals surface area contributed by atoms with Crippen molar-refractivity contribution in [2.75, 3.05) is 18.5 Å². The van der Waals surface area contributed by atoms with Crippen LogP contribution in [0.2, 0.25) is 0 Å². The van der Waals surface area contributed by atoms with Gasteiger partial charge >= 0.3 is 0 Å². The summed E-state index contributed by atoms with van der Waals surface area (Å²) in [5, 5.41) is 4.15. The Labute approximate surface area is 87.9 Å². The molecule has 1 N–H and O–H groups in total. The number of aromatic nitrogens is 2. The zero-order valence-corrected chi connectivity index (χ0v) is 9.14. The second-order valence-electron chi connectivity index (χ2n) is 3.52. The van der Waals surface area contributed by atoms with E-state index in [1.54, 1.807) is 0 Å². The number of nitrogens with zero attached hydrogens (tertiary/aromatic N) is 2. The normalized spacial score (nSPS) is 22.2. The molecule has 1 aliphatic heterocycles. The summed E-state index contributed by atoms with van der Waals surface area (Å²) in [5.41, 5.74) is 0. The fourth-order valence-corrected chi connectivity index (χ4v) is 2.12. The summed E-state index contributed by atoms with van der Waals surface area (Å²) in [6, 6.07) is 0. The number of anilines is 1. The lowest BCUT2D eigenvalue weighted by atomic mass is 10.1. The average Bonchev–Trinajstić information content (AvgIpc) is 2.63. The van der Waals surface area contributed by atoms with Crippen molar-refractivity contribution in [2.24, 2.45) is 0 Å². The highest BCUT2D eigenvalue weighted by Crippen LogP contribution is 2.15. The monoisotopic (exact) mass is 213 g/mol. The predicted octanol–water partition coefficient (Wildman–Crippen LogP) is 1.83. The lowest BCUT2D eigenvalue weighted by Crippen LogP contribution is -2.26. The maximum Gasteiger partial charge on any atom is 0.202 e. The van der Waals surface area contributed by atoms with E-state index in [0.717, 1.165) is 30.5 Å². The summed E-state index contributed by atoms with van der Waals surface area (Å²) in [5.74, 6) is 0.835. The minimum atomic E-state index is 0.355. The summed E-state index contributed by atoms with van der Waals surface area (Å²) < 4.78 is 9.71. The molecule has 2 heterocycles. The lowest BCUT2D eigenvalue weighted by Gasteiger charge is -2.22. The van der Waals surface area contributed by atoms with Crippen LogP contribution < -0.4 is 5.32 Å². The van der Waals surface area contributed by atoms with Crippen molar-refractivity contribution in [3.63, 3.8) is 0 Å². The maximum absolute atomic E-state index is 5.60. The van der Waals surface area contributed by atoms with Crippen LogP contribution in [0.1, 0.15) is 25.1 Å². The number of nitrogens with one attached hydrogen (secondary N) is 1. The Morgan fingerprint density at radius 1 is 1.57 bits per heavy atom. The SMILES string of the molecule is Cc1nsc(NCC2CCCCO2)n1. The van der Waals surface area contributed by atoms with Gasteiger partial charge in [0.25, 0.3) is 0 Å². The number of rotatable bonds is 3. The molecule has 14 heavy (non-hydrogen) atoms. The van der Waals surface area contributed by atoms with Gasteiger partial charge in [0.15, 0.2) is 0 Å². The van der Waals surface area contributed by atoms with Gasteiger partial charge in [-0.05, 0) is 26.2 Å². The summed E-state index contributed by atoms with van der Waals surface area (Å²) in [6.07, 6.45) is 3.99. The largest absolute Gasteiger partial charge is 0.376 e. The van der Waals surface area contributed by atoms with Crippen LogP contribution in [0.25, 0.3) is 0 Å². The molecule has 0 bridgehead atoms.